The van der Waals surface area contributed by atoms with Crippen LogP contribution in [0, 0.1) is 6.92 Å². The van der Waals surface area contributed by atoms with Crippen molar-refractivity contribution in [1.82, 2.24) is 10.2 Å². The van der Waals surface area contributed by atoms with E-state index < -0.39 is 34.1 Å². The first-order valence-electron chi connectivity index (χ1n) is 12.8. The summed E-state index contributed by atoms with van der Waals surface area (Å²) < 4.78 is 26.8. The highest BCUT2D eigenvalue weighted by Crippen LogP contribution is 2.34. The molecule has 0 aromatic heterocycles. The van der Waals surface area contributed by atoms with E-state index in [0.29, 0.717) is 0 Å². The zero-order chi connectivity index (χ0) is 29.7. The van der Waals surface area contributed by atoms with Crippen molar-refractivity contribution in [1.29, 1.82) is 0 Å². The van der Waals surface area contributed by atoms with E-state index in [1.807, 2.05) is 82.3 Å². The van der Waals surface area contributed by atoms with Crippen LogP contribution in [0.25, 0.3) is 0 Å². The van der Waals surface area contributed by atoms with E-state index in [0.717, 1.165) is 27.3 Å². The Bertz CT molecular complexity index is 1460. The van der Waals surface area contributed by atoms with Crippen LogP contribution in [0.5, 0.6) is 0 Å². The van der Waals surface area contributed by atoms with Crippen LogP contribution in [-0.4, -0.2) is 49.5 Å². The van der Waals surface area contributed by atoms with E-state index in [1.54, 1.807) is 6.07 Å². The number of sulfonamides is 1. The number of anilines is 1. The number of halogens is 2. The standard InChI is InChI=1S/C30H35Cl2N3O4S/c1-21-11-9-14-23(17-21)19-34(26(29(37)33-30(2,3)4)18-22-12-7-6-8-13-22)27(36)20-35(40(5,38)39)25-16-10-15-24(31)28(25)32/h6-17,26H,18-20H2,1-5H3,(H,33,37)/t26-/m0/s1. The van der Waals surface area contributed by atoms with Gasteiger partial charge >= 0.3 is 0 Å². The minimum absolute atomic E-state index is 0.0129. The van der Waals surface area contributed by atoms with Crippen LogP contribution < -0.4 is 9.62 Å². The number of benzene rings is 3. The molecule has 2 amide bonds. The van der Waals surface area contributed by atoms with Crippen LogP contribution in [0.2, 0.25) is 10.0 Å². The highest BCUT2D eigenvalue weighted by Gasteiger charge is 2.34. The lowest BCUT2D eigenvalue weighted by Gasteiger charge is -2.35. The summed E-state index contributed by atoms with van der Waals surface area (Å²) in [5.41, 5.74) is 2.18. The average molecular weight is 605 g/mol. The van der Waals surface area contributed by atoms with Gasteiger partial charge in [-0.2, -0.15) is 0 Å². The van der Waals surface area contributed by atoms with Gasteiger partial charge in [-0.1, -0.05) is 89.4 Å². The lowest BCUT2D eigenvalue weighted by atomic mass is 10.0. The van der Waals surface area contributed by atoms with Crippen molar-refractivity contribution in [3.05, 3.63) is 99.5 Å². The molecule has 1 N–H and O–H groups in total. The van der Waals surface area contributed by atoms with Gasteiger partial charge in [0.2, 0.25) is 21.8 Å². The fourth-order valence-electron chi connectivity index (χ4n) is 4.29. The predicted octanol–water partition coefficient (Wildman–Crippen LogP) is 5.62. The minimum atomic E-state index is -3.96. The number of nitrogens with zero attached hydrogens (tertiary/aromatic N) is 2. The van der Waals surface area contributed by atoms with Gasteiger partial charge in [0, 0.05) is 18.5 Å². The van der Waals surface area contributed by atoms with Gasteiger partial charge in [-0.3, -0.25) is 13.9 Å². The topological polar surface area (TPSA) is 86.8 Å². The molecule has 3 aromatic carbocycles. The second kappa shape index (κ2) is 13.1. The van der Waals surface area contributed by atoms with E-state index in [-0.39, 0.29) is 34.6 Å². The quantitative estimate of drug-likeness (QED) is 0.326. The Kier molecular flexibility index (Phi) is 10.3. The fraction of sp³-hybridized carbons (Fsp3) is 0.333. The van der Waals surface area contributed by atoms with Crippen LogP contribution in [0.1, 0.15) is 37.5 Å². The number of hydrogen-bond acceptors (Lipinski definition) is 4. The summed E-state index contributed by atoms with van der Waals surface area (Å²) in [6.07, 6.45) is 1.23. The summed E-state index contributed by atoms with van der Waals surface area (Å²) in [7, 11) is -3.96. The molecule has 10 heteroatoms. The third-order valence-corrected chi connectivity index (χ3v) is 8.02. The number of aryl methyl sites for hydroxylation is 1. The van der Waals surface area contributed by atoms with Crippen molar-refractivity contribution in [3.8, 4) is 0 Å². The molecule has 0 heterocycles. The van der Waals surface area contributed by atoms with Gasteiger partial charge in [-0.15, -0.1) is 0 Å². The summed E-state index contributed by atoms with van der Waals surface area (Å²) in [4.78, 5) is 29.3. The van der Waals surface area contributed by atoms with Crippen LogP contribution in [-0.2, 0) is 32.6 Å². The summed E-state index contributed by atoms with van der Waals surface area (Å²) in [6.45, 7) is 7.06. The van der Waals surface area contributed by atoms with E-state index in [9.17, 15) is 18.0 Å². The molecule has 0 spiro atoms. The maximum atomic E-state index is 14.1. The summed E-state index contributed by atoms with van der Waals surface area (Å²) >= 11 is 12.5. The molecule has 7 nitrogen and oxygen atoms in total. The molecule has 0 saturated heterocycles. The largest absolute Gasteiger partial charge is 0.350 e. The van der Waals surface area contributed by atoms with Gasteiger partial charge < -0.3 is 10.2 Å². The van der Waals surface area contributed by atoms with Gasteiger partial charge in [0.1, 0.15) is 12.6 Å². The molecule has 0 bridgehead atoms. The molecule has 3 aromatic rings. The minimum Gasteiger partial charge on any atom is -0.350 e. The monoisotopic (exact) mass is 603 g/mol. The third kappa shape index (κ3) is 8.71. The van der Waals surface area contributed by atoms with Crippen molar-refractivity contribution in [2.24, 2.45) is 0 Å². The Hall–Kier alpha value is -3.07. The Labute approximate surface area is 247 Å². The van der Waals surface area contributed by atoms with Crippen molar-refractivity contribution >= 4 is 50.7 Å². The van der Waals surface area contributed by atoms with Gasteiger partial charge in [0.25, 0.3) is 0 Å². The molecule has 0 aliphatic carbocycles. The van der Waals surface area contributed by atoms with Crippen molar-refractivity contribution in [3.63, 3.8) is 0 Å². The van der Waals surface area contributed by atoms with Crippen molar-refractivity contribution < 1.29 is 18.0 Å². The summed E-state index contributed by atoms with van der Waals surface area (Å²) in [5, 5.41) is 3.17. The van der Waals surface area contributed by atoms with Gasteiger partial charge in [0.15, 0.2) is 0 Å². The molecule has 40 heavy (non-hydrogen) atoms. The van der Waals surface area contributed by atoms with Gasteiger partial charge in [0.05, 0.1) is 22.0 Å². The number of amides is 2. The number of rotatable bonds is 10. The maximum absolute atomic E-state index is 14.1. The second-order valence-electron chi connectivity index (χ2n) is 10.8. The van der Waals surface area contributed by atoms with E-state index in [1.165, 1.54) is 17.0 Å². The first-order chi connectivity index (χ1) is 18.7. The Morgan fingerprint density at radius 1 is 0.925 bits per heavy atom. The smallest absolute Gasteiger partial charge is 0.244 e. The summed E-state index contributed by atoms with van der Waals surface area (Å²) in [6, 6.07) is 20.7. The maximum Gasteiger partial charge on any atom is 0.244 e. The summed E-state index contributed by atoms with van der Waals surface area (Å²) in [5.74, 6) is -0.906. The highest BCUT2D eigenvalue weighted by molar-refractivity contribution is 7.92. The number of hydrogen-bond donors (Lipinski definition) is 1. The molecule has 0 aliphatic rings. The normalized spacial score (nSPS) is 12.5. The molecular weight excluding hydrogens is 569 g/mol. The van der Waals surface area contributed by atoms with Crippen LogP contribution in [0.4, 0.5) is 5.69 Å². The van der Waals surface area contributed by atoms with Crippen molar-refractivity contribution in [2.45, 2.75) is 52.2 Å². The molecule has 0 fully saturated rings. The number of carbonyl (C=O) groups excluding carboxylic acids is 2. The van der Waals surface area contributed by atoms with Gasteiger partial charge in [-0.25, -0.2) is 8.42 Å². The van der Waals surface area contributed by atoms with Gasteiger partial charge in [-0.05, 0) is 51.0 Å². The molecule has 0 radical (unpaired) electrons. The lowest BCUT2D eigenvalue weighted by Crippen LogP contribution is -2.56. The van der Waals surface area contributed by atoms with E-state index >= 15 is 0 Å². The molecule has 3 rings (SSSR count). The molecule has 1 atom stereocenters. The van der Waals surface area contributed by atoms with E-state index in [4.69, 9.17) is 23.2 Å². The first-order valence-corrected chi connectivity index (χ1v) is 15.4. The number of nitrogens with one attached hydrogen (secondary N) is 1. The molecular formula is C30H35Cl2N3O4S. The lowest BCUT2D eigenvalue weighted by molar-refractivity contribution is -0.140. The average Bonchev–Trinajstić information content (AvgIpc) is 2.85. The SMILES string of the molecule is Cc1cccc(CN(C(=O)CN(c2cccc(Cl)c2Cl)S(C)(=O)=O)[C@@H](Cc2ccccc2)C(=O)NC(C)(C)C)c1. The van der Waals surface area contributed by atoms with Crippen LogP contribution in [0.3, 0.4) is 0 Å². The fourth-order valence-corrected chi connectivity index (χ4v) is 5.60. The van der Waals surface area contributed by atoms with Crippen LogP contribution >= 0.6 is 23.2 Å². The highest BCUT2D eigenvalue weighted by atomic mass is 35.5. The molecule has 0 saturated carbocycles. The van der Waals surface area contributed by atoms with E-state index in [2.05, 4.69) is 5.32 Å². The molecule has 214 valence electrons. The van der Waals surface area contributed by atoms with Crippen molar-refractivity contribution in [2.75, 3.05) is 17.1 Å². The predicted molar refractivity (Wildman–Crippen MR) is 162 cm³/mol. The number of carbonyl (C=O) groups is 2. The first kappa shape index (κ1) is 31.5. The second-order valence-corrected chi connectivity index (χ2v) is 13.5. The Morgan fingerprint density at radius 2 is 1.55 bits per heavy atom. The molecule has 0 aliphatic heterocycles. The zero-order valence-corrected chi connectivity index (χ0v) is 25.6. The third-order valence-electron chi connectivity index (χ3n) is 6.08. The zero-order valence-electron chi connectivity index (χ0n) is 23.3. The Balaban J connectivity index is 2.10. The Morgan fingerprint density at radius 3 is 2.15 bits per heavy atom. The molecule has 0 unspecified atom stereocenters. The van der Waals surface area contributed by atoms with Crippen LogP contribution in [0.15, 0.2) is 72.8 Å².